The maximum atomic E-state index is 12.6. The molecule has 4 rings (SSSR count). The Hall–Kier alpha value is -2.37. The van der Waals surface area contributed by atoms with Crippen LogP contribution in [0.5, 0.6) is 11.5 Å². The predicted octanol–water partition coefficient (Wildman–Crippen LogP) is 3.07. The first kappa shape index (κ1) is 16.1. The first-order chi connectivity index (χ1) is 12.2. The number of rotatable bonds is 4. The van der Waals surface area contributed by atoms with Crippen molar-refractivity contribution in [3.63, 3.8) is 0 Å². The van der Waals surface area contributed by atoms with Crippen LogP contribution in [0.1, 0.15) is 22.3 Å². The lowest BCUT2D eigenvalue weighted by molar-refractivity contribution is 0.0656. The first-order valence-corrected chi connectivity index (χ1v) is 8.58. The second kappa shape index (κ2) is 6.86. The number of amides is 1. The quantitative estimate of drug-likeness (QED) is 0.930. The molecule has 0 aliphatic carbocycles. The van der Waals surface area contributed by atoms with Crippen molar-refractivity contribution in [3.05, 3.63) is 59.7 Å². The van der Waals surface area contributed by atoms with Crippen molar-refractivity contribution in [1.82, 2.24) is 5.32 Å². The van der Waals surface area contributed by atoms with Gasteiger partial charge in [0.15, 0.2) is 0 Å². The van der Waals surface area contributed by atoms with Crippen molar-refractivity contribution in [3.8, 4) is 11.5 Å². The molecule has 2 aromatic rings. The largest absolute Gasteiger partial charge is 0.457 e. The molecule has 1 N–H and O–H groups in total. The Morgan fingerprint density at radius 1 is 1.12 bits per heavy atom. The van der Waals surface area contributed by atoms with Crippen molar-refractivity contribution in [2.24, 2.45) is 0 Å². The van der Waals surface area contributed by atoms with Crippen LogP contribution in [0, 0.1) is 6.92 Å². The average molecular weight is 339 g/mol. The van der Waals surface area contributed by atoms with Gasteiger partial charge in [0.25, 0.3) is 5.91 Å². The number of hydrogen-bond acceptors (Lipinski definition) is 4. The summed E-state index contributed by atoms with van der Waals surface area (Å²) in [4.78, 5) is 12.6. The molecule has 2 fully saturated rings. The van der Waals surface area contributed by atoms with Gasteiger partial charge in [0.05, 0.1) is 18.8 Å². The van der Waals surface area contributed by atoms with Crippen LogP contribution in [0.25, 0.3) is 0 Å². The summed E-state index contributed by atoms with van der Waals surface area (Å²) in [5.41, 5.74) is 1.73. The molecule has 0 bridgehead atoms. The Bertz CT molecular complexity index is 759. The second-order valence-electron chi connectivity index (χ2n) is 6.52. The maximum absolute atomic E-state index is 12.6. The van der Waals surface area contributed by atoms with Gasteiger partial charge in [-0.05, 0) is 43.7 Å². The standard InChI is InChI=1S/C20H21NO4/c1-13-5-7-15(8-6-13)25-16-4-2-3-14(11-16)20(22)21-17-12-24-18-9-10-23-19(17)18/h2-8,11,17-19H,9-10,12H2,1H3,(H,21,22)/t17-,18+,19+/m0/s1. The Morgan fingerprint density at radius 2 is 1.96 bits per heavy atom. The number of ether oxygens (including phenoxy) is 3. The van der Waals surface area contributed by atoms with Crippen LogP contribution in [0.4, 0.5) is 0 Å². The molecule has 0 radical (unpaired) electrons. The molecule has 0 aromatic heterocycles. The van der Waals surface area contributed by atoms with Gasteiger partial charge in [0.2, 0.25) is 0 Å². The van der Waals surface area contributed by atoms with Crippen LogP contribution in [-0.2, 0) is 9.47 Å². The fourth-order valence-corrected chi connectivity index (χ4v) is 3.29. The lowest BCUT2D eigenvalue weighted by atomic mass is 10.1. The van der Waals surface area contributed by atoms with E-state index in [0.29, 0.717) is 24.5 Å². The molecule has 2 saturated heterocycles. The molecule has 3 atom stereocenters. The first-order valence-electron chi connectivity index (χ1n) is 8.58. The van der Waals surface area contributed by atoms with E-state index >= 15 is 0 Å². The van der Waals surface area contributed by atoms with E-state index in [9.17, 15) is 4.79 Å². The Labute approximate surface area is 146 Å². The monoisotopic (exact) mass is 339 g/mol. The Morgan fingerprint density at radius 3 is 2.80 bits per heavy atom. The molecule has 1 amide bonds. The van der Waals surface area contributed by atoms with Gasteiger partial charge in [0.1, 0.15) is 17.6 Å². The van der Waals surface area contributed by atoms with Crippen molar-refractivity contribution in [2.75, 3.05) is 13.2 Å². The molecule has 2 aliphatic heterocycles. The number of fused-ring (bicyclic) bond motifs is 1. The highest BCUT2D eigenvalue weighted by Crippen LogP contribution is 2.27. The molecule has 2 aliphatic rings. The predicted molar refractivity (Wildman–Crippen MR) is 93.0 cm³/mol. The van der Waals surface area contributed by atoms with E-state index in [1.807, 2.05) is 43.3 Å². The van der Waals surface area contributed by atoms with E-state index in [1.165, 1.54) is 5.56 Å². The second-order valence-corrected chi connectivity index (χ2v) is 6.52. The van der Waals surface area contributed by atoms with Crippen LogP contribution in [0.2, 0.25) is 0 Å². The molecule has 5 heteroatoms. The van der Waals surface area contributed by atoms with Gasteiger partial charge in [-0.25, -0.2) is 0 Å². The van der Waals surface area contributed by atoms with E-state index in [0.717, 1.165) is 12.2 Å². The molecule has 0 saturated carbocycles. The minimum atomic E-state index is -0.140. The van der Waals surface area contributed by atoms with Gasteiger partial charge in [-0.2, -0.15) is 0 Å². The van der Waals surface area contributed by atoms with Crippen LogP contribution in [0.3, 0.4) is 0 Å². The maximum Gasteiger partial charge on any atom is 0.251 e. The Balaban J connectivity index is 1.43. The summed E-state index contributed by atoms with van der Waals surface area (Å²) in [6.07, 6.45) is 0.981. The van der Waals surface area contributed by atoms with Gasteiger partial charge in [-0.1, -0.05) is 23.8 Å². The Kier molecular flexibility index (Phi) is 4.42. The summed E-state index contributed by atoms with van der Waals surface area (Å²) >= 11 is 0. The van der Waals surface area contributed by atoms with Crippen molar-refractivity contribution in [1.29, 1.82) is 0 Å². The SMILES string of the molecule is Cc1ccc(Oc2cccc(C(=O)N[C@H]3CO[C@@H]4CCO[C@H]34)c2)cc1. The third-order valence-corrected chi connectivity index (χ3v) is 4.63. The third kappa shape index (κ3) is 3.52. The van der Waals surface area contributed by atoms with E-state index in [4.69, 9.17) is 14.2 Å². The number of hydrogen-bond donors (Lipinski definition) is 1. The van der Waals surface area contributed by atoms with Crippen LogP contribution in [-0.4, -0.2) is 37.4 Å². The van der Waals surface area contributed by atoms with E-state index in [1.54, 1.807) is 12.1 Å². The number of aryl methyl sites for hydroxylation is 1. The molecule has 5 nitrogen and oxygen atoms in total. The average Bonchev–Trinajstić information content (AvgIpc) is 3.22. The van der Waals surface area contributed by atoms with Gasteiger partial charge >= 0.3 is 0 Å². The van der Waals surface area contributed by atoms with Crippen molar-refractivity contribution in [2.45, 2.75) is 31.6 Å². The lowest BCUT2D eigenvalue weighted by Crippen LogP contribution is -2.43. The molecule has 2 heterocycles. The topological polar surface area (TPSA) is 56.8 Å². The van der Waals surface area contributed by atoms with Crippen LogP contribution < -0.4 is 10.1 Å². The zero-order chi connectivity index (χ0) is 17.2. The fraction of sp³-hybridized carbons (Fsp3) is 0.350. The highest BCUT2D eigenvalue weighted by Gasteiger charge is 2.42. The molecule has 2 aromatic carbocycles. The molecule has 0 unspecified atom stereocenters. The van der Waals surface area contributed by atoms with Gasteiger partial charge < -0.3 is 19.5 Å². The zero-order valence-corrected chi connectivity index (χ0v) is 14.1. The van der Waals surface area contributed by atoms with Gasteiger partial charge in [0, 0.05) is 12.2 Å². The fourth-order valence-electron chi connectivity index (χ4n) is 3.29. The molecule has 0 spiro atoms. The van der Waals surface area contributed by atoms with Crippen molar-refractivity contribution >= 4 is 5.91 Å². The van der Waals surface area contributed by atoms with Crippen LogP contribution in [0.15, 0.2) is 48.5 Å². The van der Waals surface area contributed by atoms with Gasteiger partial charge in [-0.15, -0.1) is 0 Å². The lowest BCUT2D eigenvalue weighted by Gasteiger charge is -2.17. The minimum Gasteiger partial charge on any atom is -0.457 e. The minimum absolute atomic E-state index is 0.0315. The number of benzene rings is 2. The molecule has 25 heavy (non-hydrogen) atoms. The number of nitrogens with one attached hydrogen (secondary N) is 1. The summed E-state index contributed by atoms with van der Waals surface area (Å²) < 4.78 is 17.2. The molecule has 130 valence electrons. The highest BCUT2D eigenvalue weighted by atomic mass is 16.6. The van der Waals surface area contributed by atoms with E-state index in [-0.39, 0.29) is 24.2 Å². The zero-order valence-electron chi connectivity index (χ0n) is 14.1. The highest BCUT2D eigenvalue weighted by molar-refractivity contribution is 5.94. The number of carbonyl (C=O) groups is 1. The third-order valence-electron chi connectivity index (χ3n) is 4.63. The van der Waals surface area contributed by atoms with E-state index < -0.39 is 0 Å². The molecular weight excluding hydrogens is 318 g/mol. The van der Waals surface area contributed by atoms with E-state index in [2.05, 4.69) is 5.32 Å². The summed E-state index contributed by atoms with van der Waals surface area (Å²) in [5, 5.41) is 3.02. The smallest absolute Gasteiger partial charge is 0.251 e. The summed E-state index contributed by atoms with van der Waals surface area (Å²) in [6, 6.07) is 14.9. The summed E-state index contributed by atoms with van der Waals surface area (Å²) in [7, 11) is 0. The number of carbonyl (C=O) groups excluding carboxylic acids is 1. The summed E-state index contributed by atoms with van der Waals surface area (Å²) in [5.74, 6) is 1.24. The summed E-state index contributed by atoms with van der Waals surface area (Å²) in [6.45, 7) is 3.22. The van der Waals surface area contributed by atoms with Crippen molar-refractivity contribution < 1.29 is 19.0 Å². The van der Waals surface area contributed by atoms with Crippen LogP contribution >= 0.6 is 0 Å². The van der Waals surface area contributed by atoms with Gasteiger partial charge in [-0.3, -0.25) is 4.79 Å². The molecular formula is C20H21NO4. The normalized spacial score (nSPS) is 24.8.